The fraction of sp³-hybridized carbons (Fsp3) is 0.231. The van der Waals surface area contributed by atoms with Gasteiger partial charge in [0.25, 0.3) is 0 Å². The minimum atomic E-state index is -0.0765. The molecule has 1 aromatic rings. The molecule has 1 aliphatic carbocycles. The van der Waals surface area contributed by atoms with E-state index in [1.165, 1.54) is 12.3 Å². The number of carbonyl (C=O) groups excluding carboxylic acids is 1. The fourth-order valence-corrected chi connectivity index (χ4v) is 1.92. The standard InChI is InChI=1S/C13H12N2O2/c1-8-5-10(6-13(16)9(8)2)11-3-4-14-7-12(11)15-17/h3-4,6-8H,2,5H2,1H3/t8-/m0/s1. The second kappa shape index (κ2) is 4.41. The minimum Gasteiger partial charge on any atom is -0.290 e. The Morgan fingerprint density at radius 1 is 1.53 bits per heavy atom. The maximum Gasteiger partial charge on any atom is 0.181 e. The maximum absolute atomic E-state index is 11.7. The fourth-order valence-electron chi connectivity index (χ4n) is 1.92. The van der Waals surface area contributed by atoms with Crippen LogP contribution >= 0.6 is 0 Å². The second-order valence-corrected chi connectivity index (χ2v) is 4.15. The van der Waals surface area contributed by atoms with Crippen LogP contribution < -0.4 is 0 Å². The van der Waals surface area contributed by atoms with Gasteiger partial charge in [0.15, 0.2) is 5.78 Å². The van der Waals surface area contributed by atoms with E-state index in [9.17, 15) is 9.70 Å². The van der Waals surface area contributed by atoms with E-state index < -0.39 is 0 Å². The molecule has 0 saturated heterocycles. The van der Waals surface area contributed by atoms with E-state index in [0.29, 0.717) is 17.6 Å². The van der Waals surface area contributed by atoms with E-state index >= 15 is 0 Å². The summed E-state index contributed by atoms with van der Waals surface area (Å²) in [5.74, 6) is 0.0163. The molecule has 0 unspecified atom stereocenters. The molecule has 0 N–H and O–H groups in total. The molecule has 0 radical (unpaired) electrons. The third-order valence-electron chi connectivity index (χ3n) is 2.99. The van der Waals surface area contributed by atoms with E-state index in [1.54, 1.807) is 12.3 Å². The Hall–Kier alpha value is -2.10. The van der Waals surface area contributed by atoms with Crippen molar-refractivity contribution in [1.29, 1.82) is 0 Å². The number of hydrogen-bond acceptors (Lipinski definition) is 4. The van der Waals surface area contributed by atoms with Crippen LogP contribution in [0.5, 0.6) is 0 Å². The van der Waals surface area contributed by atoms with E-state index in [4.69, 9.17) is 0 Å². The maximum atomic E-state index is 11.7. The molecule has 1 aliphatic rings. The molecule has 2 rings (SSSR count). The third kappa shape index (κ3) is 2.06. The summed E-state index contributed by atoms with van der Waals surface area (Å²) in [5.41, 5.74) is 2.39. The van der Waals surface area contributed by atoms with Crippen molar-refractivity contribution >= 4 is 17.0 Å². The monoisotopic (exact) mass is 228 g/mol. The van der Waals surface area contributed by atoms with Crippen molar-refractivity contribution in [1.82, 2.24) is 4.98 Å². The van der Waals surface area contributed by atoms with Crippen LogP contribution in [0.15, 0.2) is 41.9 Å². The normalized spacial score (nSPS) is 20.1. The van der Waals surface area contributed by atoms with E-state index in [0.717, 1.165) is 5.57 Å². The molecule has 17 heavy (non-hydrogen) atoms. The molecule has 0 aliphatic heterocycles. The summed E-state index contributed by atoms with van der Waals surface area (Å²) in [4.78, 5) is 26.2. The summed E-state index contributed by atoms with van der Waals surface area (Å²) in [6.45, 7) is 5.70. The number of carbonyl (C=O) groups is 1. The number of aromatic nitrogens is 1. The van der Waals surface area contributed by atoms with Crippen LogP contribution in [-0.4, -0.2) is 10.8 Å². The van der Waals surface area contributed by atoms with Crippen LogP contribution in [0.2, 0.25) is 0 Å². The largest absolute Gasteiger partial charge is 0.290 e. The van der Waals surface area contributed by atoms with Crippen molar-refractivity contribution in [2.45, 2.75) is 13.3 Å². The first kappa shape index (κ1) is 11.4. The number of hydrogen-bond donors (Lipinski definition) is 0. The van der Waals surface area contributed by atoms with Gasteiger partial charge in [-0.3, -0.25) is 9.78 Å². The van der Waals surface area contributed by atoms with Gasteiger partial charge in [-0.05, 0) is 40.8 Å². The van der Waals surface area contributed by atoms with Crippen LogP contribution in [0, 0.1) is 10.8 Å². The molecule has 4 heteroatoms. The smallest absolute Gasteiger partial charge is 0.181 e. The predicted octanol–water partition coefficient (Wildman–Crippen LogP) is 3.03. The molecule has 0 saturated carbocycles. The highest BCUT2D eigenvalue weighted by Gasteiger charge is 2.23. The van der Waals surface area contributed by atoms with Gasteiger partial charge in [0, 0.05) is 11.8 Å². The van der Waals surface area contributed by atoms with Gasteiger partial charge in [0.05, 0.1) is 6.20 Å². The van der Waals surface area contributed by atoms with Crippen molar-refractivity contribution in [3.8, 4) is 0 Å². The quantitative estimate of drug-likeness (QED) is 0.577. The predicted molar refractivity (Wildman–Crippen MR) is 65.6 cm³/mol. The highest BCUT2D eigenvalue weighted by atomic mass is 16.3. The summed E-state index contributed by atoms with van der Waals surface area (Å²) in [7, 11) is 0. The Morgan fingerprint density at radius 3 is 2.94 bits per heavy atom. The topological polar surface area (TPSA) is 59.4 Å². The molecule has 0 fully saturated rings. The number of ketones is 1. The first-order valence-corrected chi connectivity index (χ1v) is 5.35. The van der Waals surface area contributed by atoms with Crippen LogP contribution in [-0.2, 0) is 4.79 Å². The van der Waals surface area contributed by atoms with Gasteiger partial charge < -0.3 is 0 Å². The molecule has 0 bridgehead atoms. The first-order chi connectivity index (χ1) is 8.13. The molecular weight excluding hydrogens is 216 g/mol. The number of nitrogens with zero attached hydrogens (tertiary/aromatic N) is 2. The first-order valence-electron chi connectivity index (χ1n) is 5.35. The molecule has 0 spiro atoms. The van der Waals surface area contributed by atoms with Gasteiger partial charge in [0.1, 0.15) is 5.69 Å². The molecule has 0 aromatic carbocycles. The lowest BCUT2D eigenvalue weighted by Crippen LogP contribution is -2.14. The highest BCUT2D eigenvalue weighted by molar-refractivity contribution is 6.10. The zero-order chi connectivity index (χ0) is 12.4. The summed E-state index contributed by atoms with van der Waals surface area (Å²) in [6.07, 6.45) is 5.22. The summed E-state index contributed by atoms with van der Waals surface area (Å²) in [5, 5.41) is 2.93. The van der Waals surface area contributed by atoms with E-state index in [2.05, 4.69) is 16.7 Å². The molecule has 0 amide bonds. The molecular formula is C13H12N2O2. The minimum absolute atomic E-state index is 0.0765. The Balaban J connectivity index is 2.47. The Bertz CT molecular complexity index is 532. The number of nitroso groups, excluding NO2 is 1. The van der Waals surface area contributed by atoms with E-state index in [-0.39, 0.29) is 17.4 Å². The molecule has 4 nitrogen and oxygen atoms in total. The number of rotatable bonds is 2. The zero-order valence-electron chi connectivity index (χ0n) is 9.51. The number of pyridine rings is 1. The Kier molecular flexibility index (Phi) is 2.95. The van der Waals surface area contributed by atoms with Crippen molar-refractivity contribution < 1.29 is 4.79 Å². The number of allylic oxidation sites excluding steroid dienone is 3. The lowest BCUT2D eigenvalue weighted by Gasteiger charge is -2.21. The van der Waals surface area contributed by atoms with Crippen LogP contribution in [0.1, 0.15) is 18.9 Å². The zero-order valence-corrected chi connectivity index (χ0v) is 9.51. The molecule has 1 heterocycles. The lowest BCUT2D eigenvalue weighted by molar-refractivity contribution is -0.111. The SMILES string of the molecule is C=C1C(=O)C=C(c2ccncc2N=O)C[C@@H]1C. The average molecular weight is 228 g/mol. The van der Waals surface area contributed by atoms with Crippen LogP contribution in [0.3, 0.4) is 0 Å². The van der Waals surface area contributed by atoms with Gasteiger partial charge in [0.2, 0.25) is 0 Å². The lowest BCUT2D eigenvalue weighted by atomic mass is 9.83. The third-order valence-corrected chi connectivity index (χ3v) is 2.99. The van der Waals surface area contributed by atoms with Crippen molar-refractivity contribution in [2.24, 2.45) is 11.1 Å². The molecule has 1 aromatic heterocycles. The Labute approximate surface area is 99.0 Å². The van der Waals surface area contributed by atoms with Gasteiger partial charge >= 0.3 is 0 Å². The molecule has 1 atom stereocenters. The van der Waals surface area contributed by atoms with Crippen molar-refractivity contribution in [2.75, 3.05) is 0 Å². The van der Waals surface area contributed by atoms with Crippen molar-refractivity contribution in [3.63, 3.8) is 0 Å². The Morgan fingerprint density at radius 2 is 2.29 bits per heavy atom. The van der Waals surface area contributed by atoms with Gasteiger partial charge in [-0.25, -0.2) is 0 Å². The van der Waals surface area contributed by atoms with Crippen molar-refractivity contribution in [3.05, 3.63) is 47.2 Å². The second-order valence-electron chi connectivity index (χ2n) is 4.15. The molecule has 86 valence electrons. The van der Waals surface area contributed by atoms with E-state index in [1.807, 2.05) is 6.92 Å². The van der Waals surface area contributed by atoms with Gasteiger partial charge in [-0.1, -0.05) is 13.5 Å². The van der Waals surface area contributed by atoms with Gasteiger partial charge in [-0.15, -0.1) is 4.91 Å². The highest BCUT2D eigenvalue weighted by Crippen LogP contribution is 2.35. The average Bonchev–Trinajstić information content (AvgIpc) is 2.35. The van der Waals surface area contributed by atoms with Gasteiger partial charge in [-0.2, -0.15) is 0 Å². The summed E-state index contributed by atoms with van der Waals surface area (Å²) in [6, 6.07) is 1.71. The summed E-state index contributed by atoms with van der Waals surface area (Å²) >= 11 is 0. The van der Waals surface area contributed by atoms with Crippen LogP contribution in [0.25, 0.3) is 5.57 Å². The van der Waals surface area contributed by atoms with Crippen LogP contribution in [0.4, 0.5) is 5.69 Å². The summed E-state index contributed by atoms with van der Waals surface area (Å²) < 4.78 is 0.